The average molecular weight is 357 g/mol. The lowest BCUT2D eigenvalue weighted by atomic mass is 9.95. The Hall–Kier alpha value is -2.15. The van der Waals surface area contributed by atoms with Gasteiger partial charge in [0.05, 0.1) is 5.69 Å². The summed E-state index contributed by atoms with van der Waals surface area (Å²) >= 11 is 0. The number of aryl methyl sites for hydroxylation is 3. The normalized spacial score (nSPS) is 20.8. The summed E-state index contributed by atoms with van der Waals surface area (Å²) in [7, 11) is 0. The van der Waals surface area contributed by atoms with Gasteiger partial charge >= 0.3 is 0 Å². The van der Waals surface area contributed by atoms with Gasteiger partial charge in [0.15, 0.2) is 5.69 Å². The molecule has 3 heterocycles. The van der Waals surface area contributed by atoms with E-state index in [1.165, 1.54) is 12.0 Å². The second-order valence-electron chi connectivity index (χ2n) is 7.59. The summed E-state index contributed by atoms with van der Waals surface area (Å²) in [5.74, 6) is 0.852. The van der Waals surface area contributed by atoms with Crippen molar-refractivity contribution >= 4 is 5.91 Å². The Balaban J connectivity index is 1.39. The first-order chi connectivity index (χ1) is 12.6. The molecule has 0 radical (unpaired) electrons. The number of hydrogen-bond acceptors (Lipinski definition) is 5. The molecule has 2 aromatic rings. The molecule has 26 heavy (non-hydrogen) atoms. The lowest BCUT2D eigenvalue weighted by Gasteiger charge is -2.33. The zero-order valence-electron chi connectivity index (χ0n) is 15.6. The van der Waals surface area contributed by atoms with Gasteiger partial charge < -0.3 is 9.84 Å². The van der Waals surface area contributed by atoms with Crippen LogP contribution in [0.15, 0.2) is 4.52 Å². The first kappa shape index (κ1) is 17.3. The quantitative estimate of drug-likeness (QED) is 0.877. The van der Waals surface area contributed by atoms with Crippen LogP contribution in [0, 0.1) is 13.8 Å². The molecule has 2 N–H and O–H groups in total. The van der Waals surface area contributed by atoms with Crippen LogP contribution in [0.2, 0.25) is 0 Å². The SMILES string of the molecule is Cc1noc(C)c1CN1CCCC(NC(=O)c2n[nH]c3c2CCCC3)C1. The highest BCUT2D eigenvalue weighted by Gasteiger charge is 2.27. The Morgan fingerprint density at radius 2 is 2.15 bits per heavy atom. The number of aromatic nitrogens is 3. The van der Waals surface area contributed by atoms with Crippen LogP contribution < -0.4 is 5.32 Å². The molecule has 7 nitrogen and oxygen atoms in total. The molecule has 0 saturated carbocycles. The second-order valence-corrected chi connectivity index (χ2v) is 7.59. The van der Waals surface area contributed by atoms with Gasteiger partial charge in [-0.15, -0.1) is 0 Å². The van der Waals surface area contributed by atoms with Crippen LogP contribution in [-0.4, -0.2) is 45.3 Å². The van der Waals surface area contributed by atoms with Crippen molar-refractivity contribution in [3.05, 3.63) is 34.0 Å². The molecule has 1 aliphatic heterocycles. The number of fused-ring (bicyclic) bond motifs is 1. The number of carbonyl (C=O) groups excluding carboxylic acids is 1. The lowest BCUT2D eigenvalue weighted by molar-refractivity contribution is 0.0894. The summed E-state index contributed by atoms with van der Waals surface area (Å²) in [5, 5.41) is 14.6. The van der Waals surface area contributed by atoms with E-state index in [0.29, 0.717) is 5.69 Å². The number of carbonyl (C=O) groups is 1. The first-order valence-electron chi connectivity index (χ1n) is 9.63. The second kappa shape index (κ2) is 7.23. The van der Waals surface area contributed by atoms with Gasteiger partial charge in [0, 0.05) is 36.0 Å². The van der Waals surface area contributed by atoms with Gasteiger partial charge in [-0.1, -0.05) is 5.16 Å². The van der Waals surface area contributed by atoms with Crippen LogP contribution in [0.4, 0.5) is 0 Å². The number of piperidine rings is 1. The molecule has 0 bridgehead atoms. The third-order valence-corrected chi connectivity index (χ3v) is 5.68. The zero-order valence-corrected chi connectivity index (χ0v) is 15.6. The zero-order chi connectivity index (χ0) is 18.1. The molecule has 2 aliphatic rings. The summed E-state index contributed by atoms with van der Waals surface area (Å²) in [6.45, 7) is 6.65. The van der Waals surface area contributed by atoms with E-state index >= 15 is 0 Å². The number of aromatic amines is 1. The van der Waals surface area contributed by atoms with E-state index in [0.717, 1.165) is 74.4 Å². The Morgan fingerprint density at radius 3 is 2.96 bits per heavy atom. The van der Waals surface area contributed by atoms with Crippen LogP contribution in [-0.2, 0) is 19.4 Å². The molecular weight excluding hydrogens is 330 g/mol. The van der Waals surface area contributed by atoms with Crippen LogP contribution >= 0.6 is 0 Å². The average Bonchev–Trinajstić information content (AvgIpc) is 3.21. The molecule has 1 aliphatic carbocycles. The van der Waals surface area contributed by atoms with Crippen molar-refractivity contribution in [3.63, 3.8) is 0 Å². The third-order valence-electron chi connectivity index (χ3n) is 5.68. The molecule has 140 valence electrons. The van der Waals surface area contributed by atoms with Crippen LogP contribution in [0.25, 0.3) is 0 Å². The molecule has 2 aromatic heterocycles. The number of H-pyrrole nitrogens is 1. The Kier molecular flexibility index (Phi) is 4.80. The monoisotopic (exact) mass is 357 g/mol. The van der Waals surface area contributed by atoms with Crippen molar-refractivity contribution in [2.24, 2.45) is 0 Å². The van der Waals surface area contributed by atoms with E-state index in [9.17, 15) is 4.79 Å². The minimum absolute atomic E-state index is 0.0337. The summed E-state index contributed by atoms with van der Waals surface area (Å²) in [6.07, 6.45) is 6.36. The van der Waals surface area contributed by atoms with Crippen LogP contribution in [0.5, 0.6) is 0 Å². The van der Waals surface area contributed by atoms with Gasteiger partial charge in [0.2, 0.25) is 0 Å². The predicted molar refractivity (Wildman–Crippen MR) is 97.0 cm³/mol. The van der Waals surface area contributed by atoms with Gasteiger partial charge in [0.1, 0.15) is 5.76 Å². The van der Waals surface area contributed by atoms with Crippen LogP contribution in [0.1, 0.15) is 64.4 Å². The fourth-order valence-electron chi connectivity index (χ4n) is 4.19. The van der Waals surface area contributed by atoms with Crippen molar-refractivity contribution in [1.82, 2.24) is 25.6 Å². The van der Waals surface area contributed by atoms with E-state index in [-0.39, 0.29) is 11.9 Å². The molecule has 1 fully saturated rings. The number of rotatable bonds is 4. The Labute approximate surface area is 153 Å². The highest BCUT2D eigenvalue weighted by Crippen LogP contribution is 2.23. The van der Waals surface area contributed by atoms with E-state index in [4.69, 9.17) is 4.52 Å². The maximum atomic E-state index is 12.7. The Morgan fingerprint density at radius 1 is 1.31 bits per heavy atom. The molecule has 1 atom stereocenters. The smallest absolute Gasteiger partial charge is 0.272 e. The topological polar surface area (TPSA) is 87.1 Å². The van der Waals surface area contributed by atoms with E-state index < -0.39 is 0 Å². The summed E-state index contributed by atoms with van der Waals surface area (Å²) in [4.78, 5) is 15.1. The number of hydrogen-bond donors (Lipinski definition) is 2. The standard InChI is InChI=1S/C19H27N5O2/c1-12-16(13(2)26-23-12)11-24-9-5-6-14(10-24)20-19(25)18-15-7-3-4-8-17(15)21-22-18/h14H,3-11H2,1-2H3,(H,20,25)(H,21,22). The van der Waals surface area contributed by atoms with Gasteiger partial charge in [-0.05, 0) is 58.9 Å². The summed E-state index contributed by atoms with van der Waals surface area (Å²) in [5.41, 5.74) is 4.99. The van der Waals surface area contributed by atoms with Gasteiger partial charge in [-0.3, -0.25) is 14.8 Å². The molecule has 0 spiro atoms. The fraction of sp³-hybridized carbons (Fsp3) is 0.632. The van der Waals surface area contributed by atoms with E-state index in [1.807, 2.05) is 13.8 Å². The van der Waals surface area contributed by atoms with Crippen molar-refractivity contribution < 1.29 is 9.32 Å². The summed E-state index contributed by atoms with van der Waals surface area (Å²) < 4.78 is 5.27. The molecule has 0 aromatic carbocycles. The molecule has 1 amide bonds. The fourth-order valence-corrected chi connectivity index (χ4v) is 4.19. The van der Waals surface area contributed by atoms with Crippen molar-refractivity contribution in [2.45, 2.75) is 65.0 Å². The molecule has 1 unspecified atom stereocenters. The van der Waals surface area contributed by atoms with Crippen molar-refractivity contribution in [3.8, 4) is 0 Å². The highest BCUT2D eigenvalue weighted by atomic mass is 16.5. The molecule has 4 rings (SSSR count). The molecule has 7 heteroatoms. The lowest BCUT2D eigenvalue weighted by Crippen LogP contribution is -2.47. The van der Waals surface area contributed by atoms with Crippen LogP contribution in [0.3, 0.4) is 0 Å². The number of likely N-dealkylation sites (tertiary alicyclic amines) is 1. The maximum Gasteiger partial charge on any atom is 0.272 e. The highest BCUT2D eigenvalue weighted by molar-refractivity contribution is 5.94. The molecule has 1 saturated heterocycles. The number of nitrogens with one attached hydrogen (secondary N) is 2. The van der Waals surface area contributed by atoms with Gasteiger partial charge in [-0.25, -0.2) is 0 Å². The Bertz CT molecular complexity index is 774. The largest absolute Gasteiger partial charge is 0.361 e. The van der Waals surface area contributed by atoms with Gasteiger partial charge in [0.25, 0.3) is 5.91 Å². The van der Waals surface area contributed by atoms with Crippen molar-refractivity contribution in [1.29, 1.82) is 0 Å². The predicted octanol–water partition coefficient (Wildman–Crippen LogP) is 2.29. The third kappa shape index (κ3) is 3.40. The van der Waals surface area contributed by atoms with E-state index in [2.05, 4.69) is 25.6 Å². The first-order valence-corrected chi connectivity index (χ1v) is 9.63. The molecular formula is C19H27N5O2. The van der Waals surface area contributed by atoms with E-state index in [1.54, 1.807) is 0 Å². The number of nitrogens with zero attached hydrogens (tertiary/aromatic N) is 3. The van der Waals surface area contributed by atoms with Crippen molar-refractivity contribution in [2.75, 3.05) is 13.1 Å². The number of amides is 1. The minimum atomic E-state index is -0.0337. The summed E-state index contributed by atoms with van der Waals surface area (Å²) in [6, 6.07) is 0.160. The minimum Gasteiger partial charge on any atom is -0.361 e. The van der Waals surface area contributed by atoms with Gasteiger partial charge in [-0.2, -0.15) is 5.10 Å². The maximum absolute atomic E-state index is 12.7.